The van der Waals surface area contributed by atoms with Gasteiger partial charge in [0.25, 0.3) is 5.91 Å². The van der Waals surface area contributed by atoms with Crippen LogP contribution in [-0.2, 0) is 9.59 Å². The normalized spacial score (nSPS) is 26.0. The molecule has 20 heavy (non-hydrogen) atoms. The van der Waals surface area contributed by atoms with Crippen LogP contribution in [-0.4, -0.2) is 46.0 Å². The lowest BCUT2D eigenvalue weighted by Crippen LogP contribution is -2.63. The quantitative estimate of drug-likeness (QED) is 0.856. The van der Waals surface area contributed by atoms with Crippen molar-refractivity contribution in [1.82, 2.24) is 10.2 Å². The molecule has 0 aromatic carbocycles. The lowest BCUT2D eigenvalue weighted by Gasteiger charge is -2.28. The summed E-state index contributed by atoms with van der Waals surface area (Å²) in [5, 5.41) is 1.81. The molecule has 0 spiro atoms. The summed E-state index contributed by atoms with van der Waals surface area (Å²) in [6, 6.07) is 0. The van der Waals surface area contributed by atoms with Crippen molar-refractivity contribution in [2.24, 2.45) is 10.9 Å². The molecule has 0 radical (unpaired) electrons. The van der Waals surface area contributed by atoms with E-state index in [1.54, 1.807) is 19.2 Å². The van der Waals surface area contributed by atoms with E-state index >= 15 is 0 Å². The lowest BCUT2D eigenvalue weighted by molar-refractivity contribution is -0.200. The highest BCUT2D eigenvalue weighted by Gasteiger charge is 2.67. The summed E-state index contributed by atoms with van der Waals surface area (Å²) >= 11 is 1.08. The molecule has 0 saturated carbocycles. The van der Waals surface area contributed by atoms with Crippen molar-refractivity contribution in [3.8, 4) is 0 Å². The van der Waals surface area contributed by atoms with Crippen molar-refractivity contribution < 1.29 is 22.8 Å². The summed E-state index contributed by atoms with van der Waals surface area (Å²) in [7, 11) is 0. The maximum absolute atomic E-state index is 13.3. The number of hydrogen-bond donors (Lipinski definition) is 1. The van der Waals surface area contributed by atoms with Gasteiger partial charge in [-0.25, -0.2) is 4.99 Å². The van der Waals surface area contributed by atoms with E-state index in [1.807, 2.05) is 0 Å². The highest BCUT2D eigenvalue weighted by Crippen LogP contribution is 2.40. The summed E-state index contributed by atoms with van der Waals surface area (Å²) in [5.74, 6) is -1.65. The second kappa shape index (κ2) is 4.94. The number of rotatable bonds is 3. The smallest absolute Gasteiger partial charge is 0.316 e. The molecule has 1 saturated heterocycles. The van der Waals surface area contributed by atoms with Crippen LogP contribution >= 0.6 is 11.8 Å². The predicted molar refractivity (Wildman–Crippen MR) is 68.0 cm³/mol. The second-order valence-corrected chi connectivity index (χ2v) is 6.12. The zero-order chi connectivity index (χ0) is 15.1. The van der Waals surface area contributed by atoms with Gasteiger partial charge >= 0.3 is 11.8 Å². The number of halogens is 3. The molecule has 0 aliphatic carbocycles. The SMILES string of the molecule is CC(C)CC(=O)N[C@@]1(C(F)(F)F)N=C2SCCN2C1=O. The van der Waals surface area contributed by atoms with Crippen molar-refractivity contribution in [2.45, 2.75) is 32.1 Å². The summed E-state index contributed by atoms with van der Waals surface area (Å²) in [6.07, 6.45) is -5.06. The Bertz CT molecular complexity index is 478. The molecule has 0 aromatic heterocycles. The third-order valence-corrected chi connectivity index (χ3v) is 3.88. The summed E-state index contributed by atoms with van der Waals surface area (Å²) in [5.41, 5.74) is -3.15. The minimum Gasteiger partial charge on any atom is -0.316 e. The number of hydrogen-bond acceptors (Lipinski definition) is 4. The molecule has 1 atom stereocenters. The fourth-order valence-corrected chi connectivity index (χ4v) is 3.02. The van der Waals surface area contributed by atoms with Gasteiger partial charge < -0.3 is 5.32 Å². The number of thioether (sulfide) groups is 1. The van der Waals surface area contributed by atoms with Crippen molar-refractivity contribution in [2.75, 3.05) is 12.3 Å². The molecule has 1 fully saturated rings. The number of nitrogens with one attached hydrogen (secondary N) is 1. The first-order valence-corrected chi connectivity index (χ1v) is 7.08. The molecule has 2 heterocycles. The summed E-state index contributed by atoms with van der Waals surface area (Å²) in [6.45, 7) is 3.59. The van der Waals surface area contributed by atoms with Gasteiger partial charge in [0.05, 0.1) is 0 Å². The molecule has 0 aromatic rings. The topological polar surface area (TPSA) is 61.8 Å². The number of fused-ring (bicyclic) bond motifs is 1. The fourth-order valence-electron chi connectivity index (χ4n) is 2.03. The summed E-state index contributed by atoms with van der Waals surface area (Å²) in [4.78, 5) is 28.2. The highest BCUT2D eigenvalue weighted by molar-refractivity contribution is 8.14. The van der Waals surface area contributed by atoms with Gasteiger partial charge in [0, 0.05) is 18.7 Å². The van der Waals surface area contributed by atoms with Crippen LogP contribution in [0.2, 0.25) is 0 Å². The second-order valence-electron chi connectivity index (χ2n) is 5.05. The van der Waals surface area contributed by atoms with E-state index < -0.39 is 23.7 Å². The first kappa shape index (κ1) is 15.1. The Morgan fingerprint density at radius 3 is 2.70 bits per heavy atom. The molecule has 2 aliphatic heterocycles. The number of amides is 2. The van der Waals surface area contributed by atoms with Gasteiger partial charge in [-0.3, -0.25) is 14.5 Å². The minimum atomic E-state index is -4.96. The van der Waals surface area contributed by atoms with E-state index in [4.69, 9.17) is 0 Å². The Morgan fingerprint density at radius 2 is 2.20 bits per heavy atom. The molecule has 5 nitrogen and oxygen atoms in total. The van der Waals surface area contributed by atoms with E-state index in [1.165, 1.54) is 0 Å². The molecule has 9 heteroatoms. The number of amidine groups is 1. The highest BCUT2D eigenvalue weighted by atomic mass is 32.2. The van der Waals surface area contributed by atoms with Crippen molar-refractivity contribution in [1.29, 1.82) is 0 Å². The molecular weight excluding hydrogens is 295 g/mol. The minimum absolute atomic E-state index is 0.0252. The fraction of sp³-hybridized carbons (Fsp3) is 0.727. The largest absolute Gasteiger partial charge is 0.442 e. The maximum Gasteiger partial charge on any atom is 0.442 e. The molecular formula is C11H14F3N3O2S. The van der Waals surface area contributed by atoms with Crippen LogP contribution in [0.4, 0.5) is 13.2 Å². The Morgan fingerprint density at radius 1 is 1.55 bits per heavy atom. The van der Waals surface area contributed by atoms with Gasteiger partial charge in [-0.2, -0.15) is 13.2 Å². The van der Waals surface area contributed by atoms with Crippen LogP contribution in [0.1, 0.15) is 20.3 Å². The monoisotopic (exact) mass is 309 g/mol. The Labute approximate surface area is 118 Å². The standard InChI is InChI=1S/C11H14F3N3O2S/c1-6(2)5-7(18)15-10(11(12,13)14)8(19)17-3-4-20-9(17)16-10/h6H,3-5H2,1-2H3,(H,15,18)/t10-/m1/s1. The van der Waals surface area contributed by atoms with Crippen LogP contribution in [0.15, 0.2) is 4.99 Å². The third kappa shape index (κ3) is 2.38. The van der Waals surface area contributed by atoms with Gasteiger partial charge in [-0.05, 0) is 5.92 Å². The van der Waals surface area contributed by atoms with Gasteiger partial charge in [0.15, 0.2) is 5.17 Å². The Balaban J connectivity index is 2.32. The Kier molecular flexibility index (Phi) is 3.74. The van der Waals surface area contributed by atoms with Crippen LogP contribution < -0.4 is 5.32 Å². The zero-order valence-electron chi connectivity index (χ0n) is 11.0. The first-order chi connectivity index (χ1) is 9.17. The molecule has 0 unspecified atom stereocenters. The molecule has 2 aliphatic rings. The van der Waals surface area contributed by atoms with Crippen molar-refractivity contribution in [3.05, 3.63) is 0 Å². The number of carbonyl (C=O) groups is 2. The van der Waals surface area contributed by atoms with Gasteiger partial charge in [0.2, 0.25) is 5.91 Å². The maximum atomic E-state index is 13.3. The zero-order valence-corrected chi connectivity index (χ0v) is 11.8. The molecule has 112 valence electrons. The van der Waals surface area contributed by atoms with E-state index in [9.17, 15) is 22.8 Å². The number of aliphatic imine (C=N–C) groups is 1. The van der Waals surface area contributed by atoms with E-state index in [0.29, 0.717) is 5.75 Å². The van der Waals surface area contributed by atoms with Gasteiger partial charge in [-0.15, -0.1) is 0 Å². The van der Waals surface area contributed by atoms with Crippen LogP contribution in [0.5, 0.6) is 0 Å². The van der Waals surface area contributed by atoms with Gasteiger partial charge in [-0.1, -0.05) is 25.6 Å². The third-order valence-electron chi connectivity index (χ3n) is 2.92. The number of nitrogens with zero attached hydrogens (tertiary/aromatic N) is 2. The molecule has 1 N–H and O–H groups in total. The van der Waals surface area contributed by atoms with Crippen LogP contribution in [0, 0.1) is 5.92 Å². The molecule has 0 bridgehead atoms. The number of carbonyl (C=O) groups excluding carboxylic acids is 2. The average Bonchev–Trinajstić information content (AvgIpc) is 2.80. The number of alkyl halides is 3. The first-order valence-electron chi connectivity index (χ1n) is 6.10. The van der Waals surface area contributed by atoms with E-state index in [0.717, 1.165) is 16.7 Å². The summed E-state index contributed by atoms with van der Waals surface area (Å²) < 4.78 is 39.9. The van der Waals surface area contributed by atoms with Crippen LogP contribution in [0.3, 0.4) is 0 Å². The van der Waals surface area contributed by atoms with E-state index in [2.05, 4.69) is 4.99 Å². The van der Waals surface area contributed by atoms with Crippen molar-refractivity contribution >= 4 is 28.7 Å². The molecule has 2 amide bonds. The van der Waals surface area contributed by atoms with Crippen molar-refractivity contribution in [3.63, 3.8) is 0 Å². The molecule has 2 rings (SSSR count). The lowest BCUT2D eigenvalue weighted by atomic mass is 10.1. The van der Waals surface area contributed by atoms with Crippen LogP contribution in [0.25, 0.3) is 0 Å². The predicted octanol–water partition coefficient (Wildman–Crippen LogP) is 1.35. The van der Waals surface area contributed by atoms with E-state index in [-0.39, 0.29) is 24.1 Å². The van der Waals surface area contributed by atoms with Gasteiger partial charge in [0.1, 0.15) is 0 Å². The Hall–Kier alpha value is -1.25. The average molecular weight is 309 g/mol.